The summed E-state index contributed by atoms with van der Waals surface area (Å²) in [5.41, 5.74) is 1.27. The molecule has 0 fully saturated rings. The Morgan fingerprint density at radius 3 is 2.87 bits per heavy atom. The predicted octanol–water partition coefficient (Wildman–Crippen LogP) is 2.32. The summed E-state index contributed by atoms with van der Waals surface area (Å²) in [7, 11) is 0. The van der Waals surface area contributed by atoms with Crippen LogP contribution in [0.1, 0.15) is 28.6 Å². The van der Waals surface area contributed by atoms with Crippen molar-refractivity contribution in [3.63, 3.8) is 0 Å². The van der Waals surface area contributed by atoms with Crippen molar-refractivity contribution in [3.05, 3.63) is 82.7 Å². The molecule has 0 saturated heterocycles. The third-order valence-corrected chi connectivity index (χ3v) is 5.32. The fourth-order valence-electron chi connectivity index (χ4n) is 3.83. The zero-order chi connectivity index (χ0) is 21.4. The molecule has 31 heavy (non-hydrogen) atoms. The van der Waals surface area contributed by atoms with Gasteiger partial charge in [-0.1, -0.05) is 0 Å². The second-order valence-electron chi connectivity index (χ2n) is 7.34. The van der Waals surface area contributed by atoms with Crippen molar-refractivity contribution < 1.29 is 9.21 Å². The lowest BCUT2D eigenvalue weighted by Crippen LogP contribution is -2.35. The summed E-state index contributed by atoms with van der Waals surface area (Å²) < 4.78 is 9.38. The Hall–Kier alpha value is -4.01. The predicted molar refractivity (Wildman–Crippen MR) is 113 cm³/mol. The average Bonchev–Trinajstić information content (AvgIpc) is 3.46. The zero-order valence-electron chi connectivity index (χ0n) is 16.9. The van der Waals surface area contributed by atoms with E-state index in [1.165, 1.54) is 0 Å². The molecule has 0 N–H and O–H groups in total. The van der Waals surface area contributed by atoms with E-state index in [4.69, 9.17) is 4.42 Å². The van der Waals surface area contributed by atoms with Crippen LogP contribution >= 0.6 is 0 Å². The smallest absolute Gasteiger partial charge is 0.289 e. The molecular weight excluding hydrogens is 396 g/mol. The lowest BCUT2D eigenvalue weighted by Gasteiger charge is -2.27. The summed E-state index contributed by atoms with van der Waals surface area (Å²) in [5, 5.41) is 4.63. The third kappa shape index (κ3) is 3.54. The van der Waals surface area contributed by atoms with E-state index in [-0.39, 0.29) is 11.5 Å². The van der Waals surface area contributed by atoms with Gasteiger partial charge in [0.05, 0.1) is 11.9 Å². The van der Waals surface area contributed by atoms with Crippen molar-refractivity contribution >= 4 is 22.6 Å². The van der Waals surface area contributed by atoms with Gasteiger partial charge < -0.3 is 9.32 Å². The molecule has 0 aromatic carbocycles. The average molecular weight is 416 g/mol. The first-order chi connectivity index (χ1) is 15.1. The summed E-state index contributed by atoms with van der Waals surface area (Å²) in [4.78, 5) is 35.3. The van der Waals surface area contributed by atoms with Gasteiger partial charge in [-0.15, -0.1) is 0 Å². The number of carbonyl (C=O) groups excluding carboxylic acids is 1. The summed E-state index contributed by atoms with van der Waals surface area (Å²) in [6, 6.07) is 8.79. The minimum absolute atomic E-state index is 0.153. The minimum atomic E-state index is -0.284. The molecule has 9 heteroatoms. The highest BCUT2D eigenvalue weighted by molar-refractivity contribution is 5.92. The quantitative estimate of drug-likeness (QED) is 0.506. The van der Waals surface area contributed by atoms with Gasteiger partial charge in [-0.2, -0.15) is 10.1 Å². The minimum Gasteiger partial charge on any atom is -0.454 e. The first kappa shape index (κ1) is 19.0. The Kier molecular flexibility index (Phi) is 4.70. The van der Waals surface area contributed by atoms with E-state index in [9.17, 15) is 9.59 Å². The SMILES string of the molecule is Cc1nc(=O)c2cccnc2n1C1=CCN(C(=O)c2ccc(Cn3cccn3)o2)CC1. The number of aryl methyl sites for hydroxylation is 1. The van der Waals surface area contributed by atoms with Crippen molar-refractivity contribution in [2.75, 3.05) is 13.1 Å². The van der Waals surface area contributed by atoms with E-state index in [0.717, 1.165) is 5.70 Å². The lowest BCUT2D eigenvalue weighted by molar-refractivity contribution is 0.0738. The fraction of sp³-hybridized carbons (Fsp3) is 0.227. The van der Waals surface area contributed by atoms with Gasteiger partial charge >= 0.3 is 0 Å². The Bertz CT molecular complexity index is 1350. The monoisotopic (exact) mass is 416 g/mol. The van der Waals surface area contributed by atoms with Gasteiger partial charge in [0.2, 0.25) is 0 Å². The molecule has 5 rings (SSSR count). The number of rotatable bonds is 4. The number of carbonyl (C=O) groups is 1. The number of nitrogens with zero attached hydrogens (tertiary/aromatic N) is 6. The van der Waals surface area contributed by atoms with E-state index < -0.39 is 0 Å². The largest absolute Gasteiger partial charge is 0.454 e. The van der Waals surface area contributed by atoms with Gasteiger partial charge in [0.25, 0.3) is 11.5 Å². The molecule has 4 aromatic rings. The summed E-state index contributed by atoms with van der Waals surface area (Å²) in [5.74, 6) is 1.41. The summed E-state index contributed by atoms with van der Waals surface area (Å²) >= 11 is 0. The molecule has 0 bridgehead atoms. The maximum Gasteiger partial charge on any atom is 0.289 e. The number of aromatic nitrogens is 5. The number of furan rings is 1. The van der Waals surface area contributed by atoms with E-state index in [1.54, 1.807) is 53.2 Å². The number of hydrogen-bond donors (Lipinski definition) is 0. The van der Waals surface area contributed by atoms with Gasteiger partial charge in [0, 0.05) is 43.8 Å². The van der Waals surface area contributed by atoms with Crippen molar-refractivity contribution in [1.82, 2.24) is 29.2 Å². The maximum absolute atomic E-state index is 12.9. The van der Waals surface area contributed by atoms with Crippen LogP contribution in [0.2, 0.25) is 0 Å². The highest BCUT2D eigenvalue weighted by Gasteiger charge is 2.23. The molecule has 0 radical (unpaired) electrons. The third-order valence-electron chi connectivity index (χ3n) is 5.32. The van der Waals surface area contributed by atoms with Gasteiger partial charge in [-0.25, -0.2) is 4.98 Å². The van der Waals surface area contributed by atoms with Crippen molar-refractivity contribution in [2.45, 2.75) is 19.9 Å². The van der Waals surface area contributed by atoms with Crippen LogP contribution in [0.5, 0.6) is 0 Å². The van der Waals surface area contributed by atoms with Crippen LogP contribution in [0.15, 0.2) is 64.2 Å². The van der Waals surface area contributed by atoms with Crippen LogP contribution in [0.3, 0.4) is 0 Å². The molecule has 0 unspecified atom stereocenters. The molecule has 4 aromatic heterocycles. The topological polar surface area (TPSA) is 99.1 Å². The fourth-order valence-corrected chi connectivity index (χ4v) is 3.83. The highest BCUT2D eigenvalue weighted by atomic mass is 16.4. The van der Waals surface area contributed by atoms with Crippen LogP contribution < -0.4 is 5.56 Å². The first-order valence-electron chi connectivity index (χ1n) is 9.99. The molecule has 156 valence electrons. The number of amides is 1. The summed E-state index contributed by atoms with van der Waals surface area (Å²) in [6.07, 6.45) is 7.79. The van der Waals surface area contributed by atoms with Crippen LogP contribution in [-0.4, -0.2) is 48.2 Å². The van der Waals surface area contributed by atoms with Crippen molar-refractivity contribution in [3.8, 4) is 0 Å². The van der Waals surface area contributed by atoms with Crippen LogP contribution in [0.4, 0.5) is 0 Å². The molecule has 0 aliphatic carbocycles. The number of hydrogen-bond acceptors (Lipinski definition) is 6. The first-order valence-corrected chi connectivity index (χ1v) is 9.99. The summed E-state index contributed by atoms with van der Waals surface area (Å²) in [6.45, 7) is 3.23. The zero-order valence-corrected chi connectivity index (χ0v) is 16.9. The van der Waals surface area contributed by atoms with Crippen molar-refractivity contribution in [1.29, 1.82) is 0 Å². The normalized spacial score (nSPS) is 14.1. The van der Waals surface area contributed by atoms with Gasteiger partial charge in [0.15, 0.2) is 11.4 Å². The molecule has 0 atom stereocenters. The molecule has 1 aliphatic rings. The Balaban J connectivity index is 1.36. The number of pyridine rings is 1. The molecule has 9 nitrogen and oxygen atoms in total. The molecular formula is C22H20N6O3. The van der Waals surface area contributed by atoms with E-state index in [0.29, 0.717) is 54.4 Å². The Morgan fingerprint density at radius 1 is 1.19 bits per heavy atom. The Morgan fingerprint density at radius 2 is 2.10 bits per heavy atom. The van der Waals surface area contributed by atoms with Crippen LogP contribution in [0, 0.1) is 6.92 Å². The molecule has 1 aliphatic heterocycles. The van der Waals surface area contributed by atoms with Gasteiger partial charge in [-0.05, 0) is 43.3 Å². The molecule has 5 heterocycles. The van der Waals surface area contributed by atoms with E-state index in [2.05, 4.69) is 15.1 Å². The molecule has 0 saturated carbocycles. The van der Waals surface area contributed by atoms with E-state index >= 15 is 0 Å². The second kappa shape index (κ2) is 7.67. The number of fused-ring (bicyclic) bond motifs is 1. The van der Waals surface area contributed by atoms with Gasteiger partial charge in [-0.3, -0.25) is 18.8 Å². The molecule has 0 spiro atoms. The van der Waals surface area contributed by atoms with Gasteiger partial charge in [0.1, 0.15) is 11.6 Å². The van der Waals surface area contributed by atoms with Crippen LogP contribution in [0.25, 0.3) is 16.7 Å². The standard InChI is InChI=1S/C22H20N6O3/c1-15-25-21(29)18-4-2-9-23-20(18)28(15)16-7-12-26(13-8-16)22(30)19-6-5-17(31-19)14-27-11-3-10-24-27/h2-7,9-11H,8,12-14H2,1H3. The Labute approximate surface area is 177 Å². The maximum atomic E-state index is 12.9. The lowest BCUT2D eigenvalue weighted by atomic mass is 10.1. The van der Waals surface area contributed by atoms with Crippen molar-refractivity contribution in [2.24, 2.45) is 0 Å². The molecule has 1 amide bonds. The second-order valence-corrected chi connectivity index (χ2v) is 7.34. The van der Waals surface area contributed by atoms with E-state index in [1.807, 2.05) is 22.9 Å². The van der Waals surface area contributed by atoms with Crippen LogP contribution in [-0.2, 0) is 6.54 Å². The highest BCUT2D eigenvalue weighted by Crippen LogP contribution is 2.22.